The van der Waals surface area contributed by atoms with Crippen molar-refractivity contribution in [1.29, 1.82) is 0 Å². The van der Waals surface area contributed by atoms with E-state index in [4.69, 9.17) is 5.11 Å². The molecule has 1 rings (SSSR count). The van der Waals surface area contributed by atoms with E-state index in [1.54, 1.807) is 6.92 Å². The molecule has 0 saturated carbocycles. The Kier molecular flexibility index (Phi) is 4.31. The monoisotopic (exact) mass is 268 g/mol. The van der Waals surface area contributed by atoms with Gasteiger partial charge in [-0.1, -0.05) is 6.92 Å². The molecule has 1 heterocycles. The van der Waals surface area contributed by atoms with E-state index >= 15 is 0 Å². The zero-order valence-corrected chi connectivity index (χ0v) is 10.7. The van der Waals surface area contributed by atoms with Gasteiger partial charge in [0.1, 0.15) is 0 Å². The van der Waals surface area contributed by atoms with Gasteiger partial charge in [0, 0.05) is 18.7 Å². The summed E-state index contributed by atoms with van der Waals surface area (Å²) in [6, 6.07) is 2.12. The first-order chi connectivity index (χ1) is 8.78. The molecule has 0 aromatic carbocycles. The number of amides is 1. The van der Waals surface area contributed by atoms with Crippen LogP contribution in [-0.2, 0) is 4.79 Å². The smallest absolute Gasteiger partial charge is 0.311 e. The summed E-state index contributed by atoms with van der Waals surface area (Å²) < 4.78 is 0. The maximum absolute atomic E-state index is 11.8. The van der Waals surface area contributed by atoms with Gasteiger partial charge >= 0.3 is 5.97 Å². The fourth-order valence-corrected chi connectivity index (χ4v) is 1.39. The summed E-state index contributed by atoms with van der Waals surface area (Å²) in [7, 11) is 0. The predicted molar refractivity (Wildman–Crippen MR) is 67.1 cm³/mol. The van der Waals surface area contributed by atoms with Gasteiger partial charge in [0.05, 0.1) is 11.0 Å². The minimum absolute atomic E-state index is 0.0231. The number of rotatable bonds is 5. The molecule has 7 heteroatoms. The fourth-order valence-electron chi connectivity index (χ4n) is 1.39. The number of hydrogen-bond acceptors (Lipinski definition) is 4. The molecule has 4 N–H and O–H groups in total. The number of hydrogen-bond donors (Lipinski definition) is 4. The topological polar surface area (TPSA) is 119 Å². The number of aromatic hydroxyl groups is 1. The van der Waals surface area contributed by atoms with Gasteiger partial charge in [-0.3, -0.25) is 19.4 Å². The quantitative estimate of drug-likeness (QED) is 0.612. The first-order valence-corrected chi connectivity index (χ1v) is 5.73. The summed E-state index contributed by atoms with van der Waals surface area (Å²) in [6.07, 6.45) is 0.350. The molecule has 0 bridgehead atoms. The van der Waals surface area contributed by atoms with E-state index in [9.17, 15) is 19.5 Å². The van der Waals surface area contributed by atoms with Crippen LogP contribution in [0.25, 0.3) is 0 Å². The molecule has 0 aliphatic rings. The van der Waals surface area contributed by atoms with E-state index in [1.807, 2.05) is 0 Å². The van der Waals surface area contributed by atoms with Crippen LogP contribution in [0.2, 0.25) is 0 Å². The van der Waals surface area contributed by atoms with Crippen LogP contribution in [0, 0.1) is 5.41 Å². The van der Waals surface area contributed by atoms with Crippen LogP contribution in [0.15, 0.2) is 16.9 Å². The Morgan fingerprint density at radius 1 is 1.42 bits per heavy atom. The van der Waals surface area contributed by atoms with Crippen molar-refractivity contribution in [2.75, 3.05) is 6.54 Å². The van der Waals surface area contributed by atoms with Crippen molar-refractivity contribution in [1.82, 2.24) is 10.3 Å². The summed E-state index contributed by atoms with van der Waals surface area (Å²) in [5.41, 5.74) is -1.70. The van der Waals surface area contributed by atoms with Crippen molar-refractivity contribution in [3.05, 3.63) is 28.0 Å². The highest BCUT2D eigenvalue weighted by Crippen LogP contribution is 2.20. The fraction of sp³-hybridized carbons (Fsp3) is 0.417. The third-order valence-corrected chi connectivity index (χ3v) is 3.03. The maximum Gasteiger partial charge on any atom is 0.311 e. The second-order valence-electron chi connectivity index (χ2n) is 4.52. The lowest BCUT2D eigenvalue weighted by atomic mass is 9.87. The van der Waals surface area contributed by atoms with Gasteiger partial charge in [-0.25, -0.2) is 0 Å². The molecular formula is C12H16N2O5. The Labute approximate surface area is 109 Å². The summed E-state index contributed by atoms with van der Waals surface area (Å²) in [6.45, 7) is 3.16. The van der Waals surface area contributed by atoms with E-state index < -0.39 is 28.7 Å². The highest BCUT2D eigenvalue weighted by Gasteiger charge is 2.31. The number of pyridine rings is 1. The molecule has 0 aliphatic heterocycles. The number of nitrogens with one attached hydrogen (secondary N) is 2. The number of aromatic nitrogens is 1. The lowest BCUT2D eigenvalue weighted by Gasteiger charge is -2.23. The SMILES string of the molecule is CCC(C)(CNC(=O)c1cc(O)[nH]c(=O)c1)C(=O)O. The molecule has 0 spiro atoms. The molecular weight excluding hydrogens is 252 g/mol. The summed E-state index contributed by atoms with van der Waals surface area (Å²) in [4.78, 5) is 36.0. The third kappa shape index (κ3) is 3.57. The van der Waals surface area contributed by atoms with Crippen LogP contribution in [-0.4, -0.2) is 33.6 Å². The average molecular weight is 268 g/mol. The van der Waals surface area contributed by atoms with Crippen molar-refractivity contribution < 1.29 is 19.8 Å². The van der Waals surface area contributed by atoms with Gasteiger partial charge < -0.3 is 15.5 Å². The molecule has 104 valence electrons. The second-order valence-corrected chi connectivity index (χ2v) is 4.52. The third-order valence-electron chi connectivity index (χ3n) is 3.03. The van der Waals surface area contributed by atoms with Gasteiger partial charge in [-0.2, -0.15) is 0 Å². The van der Waals surface area contributed by atoms with E-state index in [2.05, 4.69) is 10.3 Å². The standard InChI is InChI=1S/C12H16N2O5/c1-3-12(2,11(18)19)6-13-10(17)7-4-8(15)14-9(16)5-7/h4-5H,3,6H2,1-2H3,(H,13,17)(H,18,19)(H2,14,15,16). The minimum Gasteiger partial charge on any atom is -0.494 e. The molecule has 0 radical (unpaired) electrons. The van der Waals surface area contributed by atoms with Crippen molar-refractivity contribution in [2.24, 2.45) is 5.41 Å². The van der Waals surface area contributed by atoms with Gasteiger partial charge in [-0.05, 0) is 13.3 Å². The number of aromatic amines is 1. The van der Waals surface area contributed by atoms with E-state index in [0.717, 1.165) is 12.1 Å². The summed E-state index contributed by atoms with van der Waals surface area (Å²) in [5.74, 6) is -2.04. The molecule has 0 saturated heterocycles. The van der Waals surface area contributed by atoms with Crippen LogP contribution >= 0.6 is 0 Å². The van der Waals surface area contributed by atoms with Crippen molar-refractivity contribution in [3.63, 3.8) is 0 Å². The number of H-pyrrole nitrogens is 1. The molecule has 1 unspecified atom stereocenters. The number of carboxylic acid groups (broad SMARTS) is 1. The van der Waals surface area contributed by atoms with Crippen LogP contribution < -0.4 is 10.9 Å². The molecule has 1 aromatic heterocycles. The van der Waals surface area contributed by atoms with Crippen molar-refractivity contribution in [3.8, 4) is 5.88 Å². The van der Waals surface area contributed by atoms with Crippen molar-refractivity contribution in [2.45, 2.75) is 20.3 Å². The van der Waals surface area contributed by atoms with E-state index in [1.165, 1.54) is 6.92 Å². The van der Waals surface area contributed by atoms with Gasteiger partial charge in [0.25, 0.3) is 11.5 Å². The zero-order valence-electron chi connectivity index (χ0n) is 10.7. The molecule has 7 nitrogen and oxygen atoms in total. The lowest BCUT2D eigenvalue weighted by molar-refractivity contribution is -0.147. The molecule has 1 aromatic rings. The molecule has 0 fully saturated rings. The highest BCUT2D eigenvalue weighted by atomic mass is 16.4. The first-order valence-electron chi connectivity index (χ1n) is 5.73. The second kappa shape index (κ2) is 5.55. The van der Waals surface area contributed by atoms with Gasteiger partial charge in [-0.15, -0.1) is 0 Å². The summed E-state index contributed by atoms with van der Waals surface area (Å²) >= 11 is 0. The number of carboxylic acids is 1. The zero-order chi connectivity index (χ0) is 14.6. The van der Waals surface area contributed by atoms with Crippen LogP contribution in [0.5, 0.6) is 5.88 Å². The van der Waals surface area contributed by atoms with E-state index in [-0.39, 0.29) is 12.1 Å². The van der Waals surface area contributed by atoms with Crippen LogP contribution in [0.4, 0.5) is 0 Å². The number of carbonyl (C=O) groups is 2. The average Bonchev–Trinajstić information content (AvgIpc) is 2.34. The van der Waals surface area contributed by atoms with Gasteiger partial charge in [0.15, 0.2) is 5.88 Å². The van der Waals surface area contributed by atoms with Crippen LogP contribution in [0.1, 0.15) is 30.6 Å². The lowest BCUT2D eigenvalue weighted by Crippen LogP contribution is -2.40. The molecule has 1 amide bonds. The highest BCUT2D eigenvalue weighted by molar-refractivity contribution is 5.94. The minimum atomic E-state index is -1.07. The predicted octanol–water partition coefficient (Wildman–Crippen LogP) is 0.311. The maximum atomic E-state index is 11.8. The number of aliphatic carboxylic acids is 1. The Morgan fingerprint density at radius 3 is 2.53 bits per heavy atom. The molecule has 19 heavy (non-hydrogen) atoms. The van der Waals surface area contributed by atoms with Gasteiger partial charge in [0.2, 0.25) is 0 Å². The normalized spacial score (nSPS) is 13.6. The number of carbonyl (C=O) groups excluding carboxylic acids is 1. The Balaban J connectivity index is 2.81. The molecule has 1 atom stereocenters. The summed E-state index contributed by atoms with van der Waals surface area (Å²) in [5, 5.41) is 20.7. The Bertz CT molecular complexity index is 551. The van der Waals surface area contributed by atoms with Crippen LogP contribution in [0.3, 0.4) is 0 Å². The molecule has 0 aliphatic carbocycles. The van der Waals surface area contributed by atoms with E-state index in [0.29, 0.717) is 6.42 Å². The Morgan fingerprint density at radius 2 is 2.05 bits per heavy atom. The Hall–Kier alpha value is -2.31. The first kappa shape index (κ1) is 14.7. The van der Waals surface area contributed by atoms with Crippen molar-refractivity contribution >= 4 is 11.9 Å². The largest absolute Gasteiger partial charge is 0.494 e.